The molecule has 1 fully saturated rings. The lowest BCUT2D eigenvalue weighted by molar-refractivity contribution is 0.0212. The fourth-order valence-electron chi connectivity index (χ4n) is 1.84. The van der Waals surface area contributed by atoms with Gasteiger partial charge in [0, 0.05) is 19.2 Å². The quantitative estimate of drug-likeness (QED) is 0.803. The summed E-state index contributed by atoms with van der Waals surface area (Å²) in [6.45, 7) is 8.05. The Morgan fingerprint density at radius 1 is 1.56 bits per heavy atom. The molecule has 1 saturated heterocycles. The highest BCUT2D eigenvalue weighted by molar-refractivity contribution is 5.04. The lowest BCUT2D eigenvalue weighted by Gasteiger charge is -2.06. The highest BCUT2D eigenvalue weighted by Gasteiger charge is 2.16. The van der Waals surface area contributed by atoms with Gasteiger partial charge in [0.25, 0.3) is 0 Å². The summed E-state index contributed by atoms with van der Waals surface area (Å²) in [6, 6.07) is 1.95. The zero-order valence-electron chi connectivity index (χ0n) is 11.1. The van der Waals surface area contributed by atoms with E-state index in [9.17, 15) is 0 Å². The minimum Gasteiger partial charge on any atom is -0.379 e. The fourth-order valence-corrected chi connectivity index (χ4v) is 1.84. The molecule has 1 N–H and O–H groups in total. The summed E-state index contributed by atoms with van der Waals surface area (Å²) in [6.07, 6.45) is 1.18. The molecule has 0 bridgehead atoms. The van der Waals surface area contributed by atoms with Crippen LogP contribution in [0.15, 0.2) is 10.6 Å². The monoisotopic (exact) mass is 254 g/mol. The van der Waals surface area contributed by atoms with Crippen LogP contribution in [0.4, 0.5) is 0 Å². The molecular weight excluding hydrogens is 232 g/mol. The van der Waals surface area contributed by atoms with Crippen LogP contribution in [0.1, 0.15) is 31.7 Å². The summed E-state index contributed by atoms with van der Waals surface area (Å²) < 4.78 is 16.1. The number of rotatable bonds is 7. The van der Waals surface area contributed by atoms with Gasteiger partial charge in [-0.1, -0.05) is 19.0 Å². The zero-order valence-corrected chi connectivity index (χ0v) is 11.1. The number of hydrogen-bond acceptors (Lipinski definition) is 5. The zero-order chi connectivity index (χ0) is 12.8. The second-order valence-electron chi connectivity index (χ2n) is 5.11. The van der Waals surface area contributed by atoms with E-state index >= 15 is 0 Å². The number of ether oxygens (including phenoxy) is 2. The molecule has 1 atom stereocenters. The lowest BCUT2D eigenvalue weighted by Crippen LogP contribution is -2.19. The van der Waals surface area contributed by atoms with Crippen LogP contribution < -0.4 is 5.32 Å². The van der Waals surface area contributed by atoms with Crippen molar-refractivity contribution < 1.29 is 14.0 Å². The predicted molar refractivity (Wildman–Crippen MR) is 67.1 cm³/mol. The van der Waals surface area contributed by atoms with Crippen LogP contribution >= 0.6 is 0 Å². The van der Waals surface area contributed by atoms with Gasteiger partial charge in [0.1, 0.15) is 6.61 Å². The van der Waals surface area contributed by atoms with E-state index in [1.807, 2.05) is 6.07 Å². The maximum Gasteiger partial charge on any atom is 0.162 e. The SMILES string of the molecule is CC(C)CNCc1cc(COC2CCOC2)on1. The summed E-state index contributed by atoms with van der Waals surface area (Å²) in [5.74, 6) is 1.42. The Balaban J connectivity index is 1.68. The highest BCUT2D eigenvalue weighted by atomic mass is 16.6. The van der Waals surface area contributed by atoms with Crippen molar-refractivity contribution in [2.75, 3.05) is 19.8 Å². The molecule has 0 spiro atoms. The molecule has 2 heterocycles. The Bertz CT molecular complexity index is 346. The minimum atomic E-state index is 0.206. The van der Waals surface area contributed by atoms with Crippen LogP contribution in [0.25, 0.3) is 0 Å². The third-order valence-electron chi connectivity index (χ3n) is 2.82. The van der Waals surface area contributed by atoms with E-state index in [1.54, 1.807) is 0 Å². The molecule has 0 aliphatic carbocycles. The molecule has 0 aromatic carbocycles. The molecule has 1 aliphatic heterocycles. The van der Waals surface area contributed by atoms with Crippen molar-refractivity contribution >= 4 is 0 Å². The summed E-state index contributed by atoms with van der Waals surface area (Å²) in [5.41, 5.74) is 0.928. The van der Waals surface area contributed by atoms with E-state index in [2.05, 4.69) is 24.3 Å². The lowest BCUT2D eigenvalue weighted by atomic mass is 10.2. The molecule has 1 aliphatic rings. The largest absolute Gasteiger partial charge is 0.379 e. The van der Waals surface area contributed by atoms with Gasteiger partial charge in [-0.3, -0.25) is 0 Å². The Morgan fingerprint density at radius 2 is 2.44 bits per heavy atom. The van der Waals surface area contributed by atoms with Gasteiger partial charge in [0.05, 0.1) is 18.4 Å². The maximum absolute atomic E-state index is 5.67. The Labute approximate surface area is 108 Å². The second kappa shape index (κ2) is 6.87. The van der Waals surface area contributed by atoms with Crippen LogP contribution in [-0.4, -0.2) is 31.0 Å². The molecule has 1 unspecified atom stereocenters. The van der Waals surface area contributed by atoms with Gasteiger partial charge in [-0.2, -0.15) is 0 Å². The van der Waals surface area contributed by atoms with Crippen molar-refractivity contribution in [3.05, 3.63) is 17.5 Å². The Morgan fingerprint density at radius 3 is 3.17 bits per heavy atom. The van der Waals surface area contributed by atoms with Crippen molar-refractivity contribution in [1.29, 1.82) is 0 Å². The third-order valence-corrected chi connectivity index (χ3v) is 2.82. The summed E-state index contributed by atoms with van der Waals surface area (Å²) >= 11 is 0. The van der Waals surface area contributed by atoms with Gasteiger partial charge in [-0.25, -0.2) is 0 Å². The van der Waals surface area contributed by atoms with Crippen LogP contribution in [0, 0.1) is 5.92 Å². The van der Waals surface area contributed by atoms with Crippen molar-refractivity contribution in [2.45, 2.75) is 39.5 Å². The van der Waals surface area contributed by atoms with Gasteiger partial charge in [-0.15, -0.1) is 0 Å². The fraction of sp³-hybridized carbons (Fsp3) is 0.769. The summed E-state index contributed by atoms with van der Waals surface area (Å²) in [5, 5.41) is 7.34. The van der Waals surface area contributed by atoms with Crippen LogP contribution in [0.2, 0.25) is 0 Å². The molecule has 0 radical (unpaired) electrons. The van der Waals surface area contributed by atoms with E-state index in [-0.39, 0.29) is 6.10 Å². The average molecular weight is 254 g/mol. The topological polar surface area (TPSA) is 56.5 Å². The number of aromatic nitrogens is 1. The van der Waals surface area contributed by atoms with Crippen molar-refractivity contribution in [1.82, 2.24) is 10.5 Å². The maximum atomic E-state index is 5.67. The first-order valence-corrected chi connectivity index (χ1v) is 6.58. The van der Waals surface area contributed by atoms with Crippen LogP contribution in [0.5, 0.6) is 0 Å². The molecule has 5 heteroatoms. The van der Waals surface area contributed by atoms with Crippen molar-refractivity contribution in [3.63, 3.8) is 0 Å². The Hall–Kier alpha value is -0.910. The van der Waals surface area contributed by atoms with Gasteiger partial charge in [0.2, 0.25) is 0 Å². The summed E-state index contributed by atoms with van der Waals surface area (Å²) in [7, 11) is 0. The third kappa shape index (κ3) is 4.40. The standard InChI is InChI=1S/C13H22N2O3/c1-10(2)6-14-7-11-5-13(18-15-11)9-17-12-3-4-16-8-12/h5,10,12,14H,3-4,6-9H2,1-2H3. The number of hydrogen-bond donors (Lipinski definition) is 1. The first-order chi connectivity index (χ1) is 8.74. The van der Waals surface area contributed by atoms with E-state index < -0.39 is 0 Å². The molecule has 0 saturated carbocycles. The van der Waals surface area contributed by atoms with Crippen LogP contribution in [0.3, 0.4) is 0 Å². The first-order valence-electron chi connectivity index (χ1n) is 6.58. The van der Waals surface area contributed by atoms with E-state index in [0.29, 0.717) is 19.1 Å². The smallest absolute Gasteiger partial charge is 0.162 e. The number of nitrogens with one attached hydrogen (secondary N) is 1. The molecular formula is C13H22N2O3. The van der Waals surface area contributed by atoms with Crippen LogP contribution in [-0.2, 0) is 22.6 Å². The molecule has 2 rings (SSSR count). The first kappa shape index (κ1) is 13.5. The Kier molecular flexibility index (Phi) is 5.16. The number of nitrogens with zero attached hydrogens (tertiary/aromatic N) is 1. The van der Waals surface area contributed by atoms with Gasteiger partial charge in [-0.05, 0) is 18.9 Å². The van der Waals surface area contributed by atoms with E-state index in [0.717, 1.165) is 37.6 Å². The van der Waals surface area contributed by atoms with Crippen molar-refractivity contribution in [2.24, 2.45) is 5.92 Å². The second-order valence-corrected chi connectivity index (χ2v) is 5.11. The van der Waals surface area contributed by atoms with E-state index in [1.165, 1.54) is 0 Å². The molecule has 0 amide bonds. The summed E-state index contributed by atoms with van der Waals surface area (Å²) in [4.78, 5) is 0. The van der Waals surface area contributed by atoms with Gasteiger partial charge >= 0.3 is 0 Å². The predicted octanol–water partition coefficient (Wildman–Crippen LogP) is 1.73. The minimum absolute atomic E-state index is 0.206. The van der Waals surface area contributed by atoms with Crippen molar-refractivity contribution in [3.8, 4) is 0 Å². The normalized spacial score (nSPS) is 19.8. The molecule has 1 aromatic rings. The molecule has 5 nitrogen and oxygen atoms in total. The van der Waals surface area contributed by atoms with Gasteiger partial charge < -0.3 is 19.3 Å². The van der Waals surface area contributed by atoms with Gasteiger partial charge in [0.15, 0.2) is 5.76 Å². The molecule has 102 valence electrons. The highest BCUT2D eigenvalue weighted by Crippen LogP contribution is 2.12. The molecule has 18 heavy (non-hydrogen) atoms. The average Bonchev–Trinajstić information content (AvgIpc) is 2.96. The van der Waals surface area contributed by atoms with E-state index in [4.69, 9.17) is 14.0 Å². The molecule has 1 aromatic heterocycles.